The lowest BCUT2D eigenvalue weighted by Crippen LogP contribution is -2.08. The normalized spacial score (nSPS) is 15.5. The molecule has 0 aliphatic heterocycles. The van der Waals surface area contributed by atoms with Gasteiger partial charge in [0.2, 0.25) is 5.95 Å². The molecule has 0 bridgehead atoms. The Morgan fingerprint density at radius 3 is 3.13 bits per heavy atom. The van der Waals surface area contributed by atoms with Crippen LogP contribution in [0.15, 0.2) is 12.4 Å². The van der Waals surface area contributed by atoms with Crippen molar-refractivity contribution in [1.82, 2.24) is 9.55 Å². The van der Waals surface area contributed by atoms with Crippen LogP contribution in [0.1, 0.15) is 39.0 Å². The molecule has 1 aromatic rings. The molecular formula is C12H21N3. The van der Waals surface area contributed by atoms with Gasteiger partial charge in [0.25, 0.3) is 0 Å². The summed E-state index contributed by atoms with van der Waals surface area (Å²) < 4.78 is 2.19. The second-order valence-electron chi connectivity index (χ2n) is 4.46. The fourth-order valence-corrected chi connectivity index (χ4v) is 1.90. The highest BCUT2D eigenvalue weighted by Gasteiger charge is 2.19. The van der Waals surface area contributed by atoms with E-state index in [1.54, 1.807) is 0 Å². The molecule has 0 saturated heterocycles. The lowest BCUT2D eigenvalue weighted by Gasteiger charge is -2.08. The van der Waals surface area contributed by atoms with Gasteiger partial charge in [0.15, 0.2) is 0 Å². The molecule has 0 unspecified atom stereocenters. The van der Waals surface area contributed by atoms with E-state index < -0.39 is 0 Å². The maximum Gasteiger partial charge on any atom is 0.202 e. The van der Waals surface area contributed by atoms with Crippen molar-refractivity contribution in [2.24, 2.45) is 5.92 Å². The van der Waals surface area contributed by atoms with Crippen molar-refractivity contribution in [2.45, 2.75) is 45.6 Å². The highest BCUT2D eigenvalue weighted by molar-refractivity contribution is 5.25. The number of aromatic nitrogens is 2. The van der Waals surface area contributed by atoms with Gasteiger partial charge in [-0.1, -0.05) is 19.8 Å². The van der Waals surface area contributed by atoms with E-state index >= 15 is 0 Å². The molecule has 1 aromatic heterocycles. The van der Waals surface area contributed by atoms with E-state index in [9.17, 15) is 0 Å². The van der Waals surface area contributed by atoms with E-state index in [2.05, 4.69) is 21.8 Å². The van der Waals surface area contributed by atoms with Gasteiger partial charge in [0.05, 0.1) is 0 Å². The Balaban J connectivity index is 1.68. The van der Waals surface area contributed by atoms with Crippen molar-refractivity contribution in [1.29, 1.82) is 0 Å². The minimum atomic E-state index is 1.03. The van der Waals surface area contributed by atoms with Crippen LogP contribution in [-0.2, 0) is 6.54 Å². The zero-order valence-corrected chi connectivity index (χ0v) is 9.58. The molecule has 84 valence electrons. The van der Waals surface area contributed by atoms with E-state index in [4.69, 9.17) is 0 Å². The minimum absolute atomic E-state index is 1.03. The first-order valence-electron chi connectivity index (χ1n) is 6.15. The summed E-state index contributed by atoms with van der Waals surface area (Å²) in [5, 5.41) is 3.41. The smallest absolute Gasteiger partial charge is 0.202 e. The molecule has 1 aliphatic rings. The number of rotatable bonds is 7. The van der Waals surface area contributed by atoms with Crippen LogP contribution in [0.2, 0.25) is 0 Å². The molecular weight excluding hydrogens is 186 g/mol. The predicted molar refractivity (Wildman–Crippen MR) is 63.0 cm³/mol. The molecule has 1 heterocycles. The summed E-state index contributed by atoms with van der Waals surface area (Å²) in [5.74, 6) is 2.08. The highest BCUT2D eigenvalue weighted by atomic mass is 15.2. The number of nitrogens with one attached hydrogen (secondary N) is 1. The summed E-state index contributed by atoms with van der Waals surface area (Å²) in [4.78, 5) is 4.32. The number of hydrogen-bond acceptors (Lipinski definition) is 2. The Hall–Kier alpha value is -0.990. The van der Waals surface area contributed by atoms with Gasteiger partial charge in [-0.3, -0.25) is 0 Å². The van der Waals surface area contributed by atoms with Crippen LogP contribution < -0.4 is 5.32 Å². The van der Waals surface area contributed by atoms with Gasteiger partial charge < -0.3 is 9.88 Å². The summed E-state index contributed by atoms with van der Waals surface area (Å²) in [6, 6.07) is 0. The van der Waals surface area contributed by atoms with Gasteiger partial charge in [-0.15, -0.1) is 0 Å². The van der Waals surface area contributed by atoms with Crippen LogP contribution in [-0.4, -0.2) is 16.1 Å². The van der Waals surface area contributed by atoms with Crippen LogP contribution in [0, 0.1) is 5.92 Å². The Kier molecular flexibility index (Phi) is 3.64. The third kappa shape index (κ3) is 3.26. The number of anilines is 1. The molecule has 1 aliphatic carbocycles. The maximum atomic E-state index is 4.32. The quantitative estimate of drug-likeness (QED) is 0.697. The zero-order valence-electron chi connectivity index (χ0n) is 9.58. The Morgan fingerprint density at radius 2 is 2.40 bits per heavy atom. The van der Waals surface area contributed by atoms with Gasteiger partial charge in [-0.2, -0.15) is 0 Å². The van der Waals surface area contributed by atoms with Crippen molar-refractivity contribution in [3.05, 3.63) is 12.4 Å². The SMILES string of the molecule is CCCn1ccnc1NCCCC1CC1. The topological polar surface area (TPSA) is 29.9 Å². The van der Waals surface area contributed by atoms with Crippen molar-refractivity contribution < 1.29 is 0 Å². The summed E-state index contributed by atoms with van der Waals surface area (Å²) in [5.41, 5.74) is 0. The lowest BCUT2D eigenvalue weighted by atomic mass is 10.2. The van der Waals surface area contributed by atoms with E-state index in [-0.39, 0.29) is 0 Å². The first-order chi connectivity index (χ1) is 7.40. The van der Waals surface area contributed by atoms with Crippen LogP contribution in [0.4, 0.5) is 5.95 Å². The van der Waals surface area contributed by atoms with Crippen molar-refractivity contribution in [3.63, 3.8) is 0 Å². The molecule has 3 heteroatoms. The van der Waals surface area contributed by atoms with E-state index in [1.807, 2.05) is 12.4 Å². The first kappa shape index (κ1) is 10.5. The third-order valence-electron chi connectivity index (χ3n) is 2.95. The lowest BCUT2D eigenvalue weighted by molar-refractivity contribution is 0.663. The molecule has 2 rings (SSSR count). The molecule has 0 spiro atoms. The molecule has 0 amide bonds. The van der Waals surface area contributed by atoms with E-state index in [1.165, 1.54) is 25.7 Å². The van der Waals surface area contributed by atoms with Crippen LogP contribution in [0.5, 0.6) is 0 Å². The number of hydrogen-bond donors (Lipinski definition) is 1. The van der Waals surface area contributed by atoms with Crippen molar-refractivity contribution >= 4 is 5.95 Å². The zero-order chi connectivity index (χ0) is 10.5. The average molecular weight is 207 g/mol. The molecule has 1 N–H and O–H groups in total. The standard InChI is InChI=1S/C12H21N3/c1-2-9-15-10-8-14-12(15)13-7-3-4-11-5-6-11/h8,10-11H,2-7,9H2,1H3,(H,13,14). The largest absolute Gasteiger partial charge is 0.356 e. The second-order valence-corrected chi connectivity index (χ2v) is 4.46. The van der Waals surface area contributed by atoms with Gasteiger partial charge in [-0.05, 0) is 25.2 Å². The number of imidazole rings is 1. The fourth-order valence-electron chi connectivity index (χ4n) is 1.90. The Bertz CT molecular complexity index is 289. The van der Waals surface area contributed by atoms with Crippen LogP contribution in [0.25, 0.3) is 0 Å². The molecule has 0 atom stereocenters. The molecule has 0 radical (unpaired) electrons. The minimum Gasteiger partial charge on any atom is -0.356 e. The van der Waals surface area contributed by atoms with E-state index in [0.29, 0.717) is 0 Å². The number of nitrogens with zero attached hydrogens (tertiary/aromatic N) is 2. The van der Waals surface area contributed by atoms with Crippen molar-refractivity contribution in [2.75, 3.05) is 11.9 Å². The van der Waals surface area contributed by atoms with Crippen LogP contribution >= 0.6 is 0 Å². The highest BCUT2D eigenvalue weighted by Crippen LogP contribution is 2.33. The molecule has 1 saturated carbocycles. The fraction of sp³-hybridized carbons (Fsp3) is 0.750. The van der Waals surface area contributed by atoms with Gasteiger partial charge in [0, 0.05) is 25.5 Å². The maximum absolute atomic E-state index is 4.32. The summed E-state index contributed by atoms with van der Waals surface area (Å²) >= 11 is 0. The molecule has 1 fully saturated rings. The summed E-state index contributed by atoms with van der Waals surface area (Å²) in [7, 11) is 0. The van der Waals surface area contributed by atoms with E-state index in [0.717, 1.165) is 31.4 Å². The van der Waals surface area contributed by atoms with Gasteiger partial charge in [-0.25, -0.2) is 4.98 Å². The molecule has 0 aromatic carbocycles. The second kappa shape index (κ2) is 5.19. The summed E-state index contributed by atoms with van der Waals surface area (Å²) in [6.07, 6.45) is 10.7. The van der Waals surface area contributed by atoms with Crippen molar-refractivity contribution in [3.8, 4) is 0 Å². The predicted octanol–water partition coefficient (Wildman–Crippen LogP) is 2.90. The number of aryl methyl sites for hydroxylation is 1. The Morgan fingerprint density at radius 1 is 1.53 bits per heavy atom. The Labute approximate surface area is 91.9 Å². The molecule has 3 nitrogen and oxygen atoms in total. The first-order valence-corrected chi connectivity index (χ1v) is 6.15. The van der Waals surface area contributed by atoms with Gasteiger partial charge in [0.1, 0.15) is 0 Å². The van der Waals surface area contributed by atoms with Gasteiger partial charge >= 0.3 is 0 Å². The third-order valence-corrected chi connectivity index (χ3v) is 2.95. The van der Waals surface area contributed by atoms with Crippen LogP contribution in [0.3, 0.4) is 0 Å². The average Bonchev–Trinajstić information content (AvgIpc) is 2.96. The summed E-state index contributed by atoms with van der Waals surface area (Å²) in [6.45, 7) is 4.32. The molecule has 15 heavy (non-hydrogen) atoms. The monoisotopic (exact) mass is 207 g/mol.